The van der Waals surface area contributed by atoms with E-state index in [4.69, 9.17) is 0 Å². The van der Waals surface area contributed by atoms with E-state index in [1.54, 1.807) is 4.90 Å². The van der Waals surface area contributed by atoms with Crippen LogP contribution in [0.15, 0.2) is 0 Å². The summed E-state index contributed by atoms with van der Waals surface area (Å²) in [4.78, 5) is 1.57. The van der Waals surface area contributed by atoms with Crippen molar-refractivity contribution < 1.29 is 13.2 Å². The number of hydrogen-bond acceptors (Lipinski definition) is 2. The van der Waals surface area contributed by atoms with Crippen LogP contribution in [0.1, 0.15) is 27.2 Å². The molecule has 1 N–H and O–H groups in total. The smallest absolute Gasteiger partial charge is 0.311 e. The summed E-state index contributed by atoms with van der Waals surface area (Å²) in [5.41, 5.74) is 0. The van der Waals surface area contributed by atoms with E-state index in [-0.39, 0.29) is 12.1 Å². The second-order valence-corrected chi connectivity index (χ2v) is 4.87. The molecule has 96 valence electrons. The van der Waals surface area contributed by atoms with Gasteiger partial charge < -0.3 is 5.32 Å². The van der Waals surface area contributed by atoms with Gasteiger partial charge in [0.05, 0.1) is 6.54 Å². The lowest BCUT2D eigenvalue weighted by atomic mass is 9.98. The number of halogens is 3. The highest BCUT2D eigenvalue weighted by Gasteiger charge is 2.36. The van der Waals surface area contributed by atoms with Crippen molar-refractivity contribution in [1.82, 2.24) is 10.2 Å². The molecule has 1 heterocycles. The van der Waals surface area contributed by atoms with E-state index >= 15 is 0 Å². The van der Waals surface area contributed by atoms with Crippen molar-refractivity contribution in [2.24, 2.45) is 5.92 Å². The topological polar surface area (TPSA) is 15.3 Å². The molecule has 1 saturated heterocycles. The molecule has 1 rings (SSSR count). The largest absolute Gasteiger partial charge is 0.401 e. The lowest BCUT2D eigenvalue weighted by Crippen LogP contribution is -2.59. The molecule has 2 atom stereocenters. The van der Waals surface area contributed by atoms with Crippen LogP contribution in [0.2, 0.25) is 0 Å². The number of nitrogens with one attached hydrogen (secondary N) is 1. The Kier molecular flexibility index (Phi) is 4.62. The highest BCUT2D eigenvalue weighted by atomic mass is 19.4. The second kappa shape index (κ2) is 5.36. The van der Waals surface area contributed by atoms with Gasteiger partial charge >= 0.3 is 6.18 Å². The van der Waals surface area contributed by atoms with E-state index in [0.29, 0.717) is 19.0 Å². The highest BCUT2D eigenvalue weighted by molar-refractivity contribution is 4.87. The van der Waals surface area contributed by atoms with E-state index in [1.807, 2.05) is 20.8 Å². The summed E-state index contributed by atoms with van der Waals surface area (Å²) in [5.74, 6) is 0.369. The van der Waals surface area contributed by atoms with Crippen LogP contribution in [0.4, 0.5) is 13.2 Å². The summed E-state index contributed by atoms with van der Waals surface area (Å²) in [7, 11) is 0. The van der Waals surface area contributed by atoms with Gasteiger partial charge in [0.25, 0.3) is 0 Å². The van der Waals surface area contributed by atoms with Gasteiger partial charge in [0, 0.05) is 25.2 Å². The maximum Gasteiger partial charge on any atom is 0.401 e. The Balaban J connectivity index is 2.60. The van der Waals surface area contributed by atoms with Crippen LogP contribution in [0, 0.1) is 5.92 Å². The molecular weight excluding hydrogens is 217 g/mol. The predicted molar refractivity (Wildman–Crippen MR) is 58.3 cm³/mol. The molecule has 0 aromatic carbocycles. The van der Waals surface area contributed by atoms with Gasteiger partial charge in [-0.15, -0.1) is 0 Å². The molecule has 0 radical (unpaired) electrons. The van der Waals surface area contributed by atoms with Crippen molar-refractivity contribution in [1.29, 1.82) is 0 Å². The SMILES string of the molecule is CCC1CNC(C(C)C)CN1CC(F)(F)F. The van der Waals surface area contributed by atoms with Gasteiger partial charge in [-0.25, -0.2) is 0 Å². The van der Waals surface area contributed by atoms with Crippen molar-refractivity contribution in [3.05, 3.63) is 0 Å². The summed E-state index contributed by atoms with van der Waals surface area (Å²) >= 11 is 0. The van der Waals surface area contributed by atoms with Gasteiger partial charge in [-0.3, -0.25) is 4.90 Å². The molecule has 0 spiro atoms. The minimum atomic E-state index is -4.09. The Labute approximate surface area is 95.2 Å². The Morgan fingerprint density at radius 2 is 2.00 bits per heavy atom. The maximum atomic E-state index is 12.4. The fraction of sp³-hybridized carbons (Fsp3) is 1.00. The van der Waals surface area contributed by atoms with Crippen molar-refractivity contribution in [3.63, 3.8) is 0 Å². The van der Waals surface area contributed by atoms with E-state index in [2.05, 4.69) is 5.32 Å². The van der Waals surface area contributed by atoms with Gasteiger partial charge in [0.15, 0.2) is 0 Å². The quantitative estimate of drug-likeness (QED) is 0.811. The molecule has 0 saturated carbocycles. The zero-order chi connectivity index (χ0) is 12.3. The number of rotatable bonds is 3. The van der Waals surface area contributed by atoms with Crippen molar-refractivity contribution in [2.75, 3.05) is 19.6 Å². The van der Waals surface area contributed by atoms with E-state index in [9.17, 15) is 13.2 Å². The third-order valence-electron chi connectivity index (χ3n) is 3.22. The molecule has 0 amide bonds. The first kappa shape index (κ1) is 13.8. The lowest BCUT2D eigenvalue weighted by molar-refractivity contribution is -0.154. The van der Waals surface area contributed by atoms with Crippen molar-refractivity contribution in [2.45, 2.75) is 45.5 Å². The van der Waals surface area contributed by atoms with E-state index in [1.165, 1.54) is 0 Å². The third kappa shape index (κ3) is 3.94. The van der Waals surface area contributed by atoms with Gasteiger partial charge in [0.1, 0.15) is 0 Å². The minimum absolute atomic E-state index is 0.0108. The molecule has 5 heteroatoms. The first-order chi connectivity index (χ1) is 7.33. The van der Waals surface area contributed by atoms with Gasteiger partial charge in [-0.1, -0.05) is 20.8 Å². The Bertz CT molecular complexity index is 216. The first-order valence-electron chi connectivity index (χ1n) is 5.87. The van der Waals surface area contributed by atoms with Crippen LogP contribution in [0.25, 0.3) is 0 Å². The van der Waals surface area contributed by atoms with Gasteiger partial charge in [-0.05, 0) is 12.3 Å². The van der Waals surface area contributed by atoms with Crippen molar-refractivity contribution in [3.8, 4) is 0 Å². The summed E-state index contributed by atoms with van der Waals surface area (Å²) in [6.07, 6.45) is -3.33. The van der Waals surface area contributed by atoms with Crippen LogP contribution < -0.4 is 5.32 Å². The first-order valence-corrected chi connectivity index (χ1v) is 5.87. The predicted octanol–water partition coefficient (Wildman–Crippen LogP) is 2.26. The Morgan fingerprint density at radius 1 is 1.38 bits per heavy atom. The number of piperazine rings is 1. The van der Waals surface area contributed by atoms with Gasteiger partial charge in [-0.2, -0.15) is 13.2 Å². The normalized spacial score (nSPS) is 28.7. The van der Waals surface area contributed by atoms with Gasteiger partial charge in [0.2, 0.25) is 0 Å². The standard InChI is InChI=1S/C11H21F3N2/c1-4-9-5-15-10(8(2)3)6-16(9)7-11(12,13)14/h8-10,15H,4-7H2,1-3H3. The molecule has 1 aliphatic rings. The maximum absolute atomic E-state index is 12.4. The van der Waals surface area contributed by atoms with Crippen LogP contribution >= 0.6 is 0 Å². The second-order valence-electron chi connectivity index (χ2n) is 4.87. The molecule has 0 aromatic heterocycles. The van der Waals surface area contributed by atoms with Crippen LogP contribution in [0.3, 0.4) is 0 Å². The fourth-order valence-electron chi connectivity index (χ4n) is 2.16. The molecule has 0 bridgehead atoms. The Morgan fingerprint density at radius 3 is 2.44 bits per heavy atom. The molecule has 1 aliphatic heterocycles. The minimum Gasteiger partial charge on any atom is -0.311 e. The average Bonchev–Trinajstić information content (AvgIpc) is 2.15. The highest BCUT2D eigenvalue weighted by Crippen LogP contribution is 2.22. The summed E-state index contributed by atoms with van der Waals surface area (Å²) in [6, 6.07) is 0.182. The monoisotopic (exact) mass is 238 g/mol. The number of hydrogen-bond donors (Lipinski definition) is 1. The van der Waals surface area contributed by atoms with Crippen molar-refractivity contribution >= 4 is 0 Å². The third-order valence-corrected chi connectivity index (χ3v) is 3.22. The molecular formula is C11H21F3N2. The fourth-order valence-corrected chi connectivity index (χ4v) is 2.16. The number of nitrogens with zero attached hydrogens (tertiary/aromatic N) is 1. The van der Waals surface area contributed by atoms with E-state index in [0.717, 1.165) is 6.42 Å². The zero-order valence-corrected chi connectivity index (χ0v) is 10.1. The molecule has 0 aliphatic carbocycles. The number of alkyl halides is 3. The lowest BCUT2D eigenvalue weighted by Gasteiger charge is -2.41. The van der Waals surface area contributed by atoms with Crippen LogP contribution in [0.5, 0.6) is 0 Å². The summed E-state index contributed by atoms with van der Waals surface area (Å²) in [6.45, 7) is 6.39. The van der Waals surface area contributed by atoms with E-state index < -0.39 is 12.7 Å². The summed E-state index contributed by atoms with van der Waals surface area (Å²) < 4.78 is 37.2. The molecule has 1 fully saturated rings. The van der Waals surface area contributed by atoms with Crippen LogP contribution in [-0.4, -0.2) is 42.8 Å². The molecule has 2 nitrogen and oxygen atoms in total. The van der Waals surface area contributed by atoms with Crippen LogP contribution in [-0.2, 0) is 0 Å². The zero-order valence-electron chi connectivity index (χ0n) is 10.1. The Hall–Kier alpha value is -0.290. The molecule has 0 aromatic rings. The molecule has 2 unspecified atom stereocenters. The summed E-state index contributed by atoms with van der Waals surface area (Å²) in [5, 5.41) is 3.33. The average molecular weight is 238 g/mol. The molecule has 16 heavy (non-hydrogen) atoms.